The average molecular weight is 1010 g/mol. The summed E-state index contributed by atoms with van der Waals surface area (Å²) in [7, 11) is 3.11. The van der Waals surface area contributed by atoms with E-state index in [0.717, 1.165) is 34.3 Å². The van der Waals surface area contributed by atoms with Crippen LogP contribution in [0.4, 0.5) is 0 Å². The second kappa shape index (κ2) is 29.9. The van der Waals surface area contributed by atoms with E-state index in [-0.39, 0.29) is 44.6 Å². The van der Waals surface area contributed by atoms with Gasteiger partial charge in [0.05, 0.1) is 0 Å². The molecule has 0 spiro atoms. The van der Waals surface area contributed by atoms with Crippen molar-refractivity contribution in [3.63, 3.8) is 0 Å². The number of rotatable bonds is 8. The Labute approximate surface area is 361 Å². The first kappa shape index (κ1) is 47.8. The Balaban J connectivity index is 0.000000249. The van der Waals surface area contributed by atoms with Crippen molar-refractivity contribution in [3.8, 4) is 0 Å². The van der Waals surface area contributed by atoms with E-state index in [1.807, 2.05) is 0 Å². The molecule has 278 valence electrons. The van der Waals surface area contributed by atoms with Crippen LogP contribution in [0.15, 0.2) is 243 Å². The van der Waals surface area contributed by atoms with Crippen LogP contribution in [-0.2, 0) is 19.8 Å². The Bertz CT molecular complexity index is 1590. The molecular weight excluding hydrogens is 962 g/mol. The van der Waals surface area contributed by atoms with E-state index in [0.29, 0.717) is 0 Å². The predicted molar refractivity (Wildman–Crippen MR) is 242 cm³/mol. The normalized spacial score (nSPS) is 9.31. The van der Waals surface area contributed by atoms with Crippen LogP contribution in [-0.4, -0.2) is 0 Å². The third-order valence-corrected chi connectivity index (χ3v) is 12.3. The Hall–Kier alpha value is -3.30. The van der Waals surface area contributed by atoms with Gasteiger partial charge in [0.1, 0.15) is 0 Å². The van der Waals surface area contributed by atoms with Gasteiger partial charge in [-0.2, -0.15) is 0 Å². The zero-order chi connectivity index (χ0) is 35.7. The molecule has 0 heterocycles. The van der Waals surface area contributed by atoms with E-state index in [2.05, 4.69) is 243 Å². The number of hydrogen-bond acceptors (Lipinski definition) is 0. The second-order valence-corrected chi connectivity index (χ2v) is 17.0. The van der Waals surface area contributed by atoms with Crippen LogP contribution in [0, 0.1) is 0 Å². The van der Waals surface area contributed by atoms with Crippen molar-refractivity contribution in [1.82, 2.24) is 0 Å². The van der Waals surface area contributed by atoms with Gasteiger partial charge in [0.15, 0.2) is 0 Å². The third-order valence-electron chi connectivity index (χ3n) is 7.35. The molecule has 0 amide bonds. The molecule has 8 aromatic rings. The first-order chi connectivity index (χ1) is 25.8. The average Bonchev–Trinajstić information content (AvgIpc) is 3.22. The van der Waals surface area contributed by atoms with Crippen molar-refractivity contribution in [2.75, 3.05) is 0 Å². The van der Waals surface area contributed by atoms with Gasteiger partial charge >= 0.3 is 19.8 Å². The standard InChI is InChI=1S/4C12H11P.2ClH.Os/c4*1-3-7-11(8-4-1)13-12-9-5-2-6-10-12;;;/h4*1-10,13H;2*1H;/q;;;;;;+2/p-2. The van der Waals surface area contributed by atoms with Gasteiger partial charge in [-0.15, -0.1) is 0 Å². The fraction of sp³-hybridized carbons (Fsp3) is 0. The van der Waals surface area contributed by atoms with Gasteiger partial charge in [-0.1, -0.05) is 277 Å². The molecule has 0 nitrogen and oxygen atoms in total. The summed E-state index contributed by atoms with van der Waals surface area (Å²) in [6.45, 7) is 0. The molecule has 0 atom stereocenters. The van der Waals surface area contributed by atoms with Crippen LogP contribution >= 0.6 is 34.3 Å². The van der Waals surface area contributed by atoms with Gasteiger partial charge in [0, 0.05) is 0 Å². The quantitative estimate of drug-likeness (QED) is 0.206. The van der Waals surface area contributed by atoms with E-state index >= 15 is 0 Å². The Morgan fingerprint density at radius 1 is 0.164 bits per heavy atom. The Morgan fingerprint density at radius 3 is 0.345 bits per heavy atom. The minimum Gasteiger partial charge on any atom is -1.00 e. The summed E-state index contributed by atoms with van der Waals surface area (Å²) in [5, 5.41) is 11.2. The molecule has 0 aliphatic carbocycles. The van der Waals surface area contributed by atoms with Crippen molar-refractivity contribution >= 4 is 76.8 Å². The Kier molecular flexibility index (Phi) is 26.0. The minimum atomic E-state index is 0. The van der Waals surface area contributed by atoms with Crippen LogP contribution in [0.5, 0.6) is 0 Å². The molecule has 0 N–H and O–H groups in total. The molecule has 8 aromatic carbocycles. The van der Waals surface area contributed by atoms with Gasteiger partial charge in [0.2, 0.25) is 0 Å². The molecule has 8 rings (SSSR count). The third kappa shape index (κ3) is 20.4. The topological polar surface area (TPSA) is 0 Å². The maximum Gasteiger partial charge on any atom is 2.00 e. The van der Waals surface area contributed by atoms with Crippen LogP contribution in [0.1, 0.15) is 0 Å². The van der Waals surface area contributed by atoms with Crippen molar-refractivity contribution < 1.29 is 44.6 Å². The summed E-state index contributed by atoms with van der Waals surface area (Å²) < 4.78 is 0. The predicted octanol–water partition coefficient (Wildman–Crippen LogP) is 3.27. The molecule has 0 unspecified atom stereocenters. The van der Waals surface area contributed by atoms with Gasteiger partial charge < -0.3 is 24.8 Å². The first-order valence-electron chi connectivity index (χ1n) is 17.3. The first-order valence-corrected chi connectivity index (χ1v) is 21.3. The summed E-state index contributed by atoms with van der Waals surface area (Å²) in [5.74, 6) is 0. The largest absolute Gasteiger partial charge is 2.00 e. The van der Waals surface area contributed by atoms with Gasteiger partial charge in [-0.05, 0) is 42.4 Å². The summed E-state index contributed by atoms with van der Waals surface area (Å²) >= 11 is 0. The molecule has 0 saturated carbocycles. The molecule has 0 bridgehead atoms. The zero-order valence-corrected chi connectivity index (χ0v) is 38.3. The van der Waals surface area contributed by atoms with Crippen molar-refractivity contribution in [2.24, 2.45) is 0 Å². The van der Waals surface area contributed by atoms with E-state index in [4.69, 9.17) is 0 Å². The molecule has 0 saturated heterocycles. The minimum absolute atomic E-state index is 0. The molecule has 0 aliphatic rings. The second-order valence-electron chi connectivity index (χ2n) is 11.4. The maximum absolute atomic E-state index is 2.17. The molecule has 0 aromatic heterocycles. The molecule has 0 radical (unpaired) electrons. The molecule has 7 heteroatoms. The van der Waals surface area contributed by atoms with Crippen LogP contribution in [0.25, 0.3) is 0 Å². The molecule has 55 heavy (non-hydrogen) atoms. The van der Waals surface area contributed by atoms with E-state index in [9.17, 15) is 0 Å². The summed E-state index contributed by atoms with van der Waals surface area (Å²) in [5.41, 5.74) is 0. The molecule has 0 aliphatic heterocycles. The van der Waals surface area contributed by atoms with Gasteiger partial charge in [0.25, 0.3) is 0 Å². The Morgan fingerprint density at radius 2 is 0.255 bits per heavy atom. The van der Waals surface area contributed by atoms with Gasteiger partial charge in [-0.3, -0.25) is 0 Å². The van der Waals surface area contributed by atoms with Crippen LogP contribution in [0.3, 0.4) is 0 Å². The SMILES string of the molecule is [Cl-].[Cl-].[Os+2].c1ccc(Pc2ccccc2)cc1.c1ccc(Pc2ccccc2)cc1.c1ccc(Pc2ccccc2)cc1.c1ccc(Pc2ccccc2)cc1. The number of benzene rings is 8. The van der Waals surface area contributed by atoms with Crippen LogP contribution in [0.2, 0.25) is 0 Å². The summed E-state index contributed by atoms with van der Waals surface area (Å²) in [4.78, 5) is 0. The van der Waals surface area contributed by atoms with Crippen molar-refractivity contribution in [2.45, 2.75) is 0 Å². The number of halogens is 2. The number of hydrogen-bond donors (Lipinski definition) is 0. The summed E-state index contributed by atoms with van der Waals surface area (Å²) in [6.07, 6.45) is 0. The smallest absolute Gasteiger partial charge is 1.00 e. The van der Waals surface area contributed by atoms with Crippen molar-refractivity contribution in [3.05, 3.63) is 243 Å². The van der Waals surface area contributed by atoms with Gasteiger partial charge in [-0.25, -0.2) is 0 Å². The monoisotopic (exact) mass is 1010 g/mol. The molecule has 0 fully saturated rings. The van der Waals surface area contributed by atoms with Crippen molar-refractivity contribution in [1.29, 1.82) is 0 Å². The van der Waals surface area contributed by atoms with E-state index in [1.165, 1.54) is 42.4 Å². The maximum atomic E-state index is 2.17. The molecular formula is C48H44Cl2OsP4. The van der Waals surface area contributed by atoms with Crippen LogP contribution < -0.4 is 67.3 Å². The zero-order valence-electron chi connectivity index (χ0n) is 30.2. The fourth-order valence-corrected chi connectivity index (χ4v) is 9.04. The van der Waals surface area contributed by atoms with E-state index < -0.39 is 0 Å². The fourth-order valence-electron chi connectivity index (χ4n) is 4.84. The summed E-state index contributed by atoms with van der Waals surface area (Å²) in [6, 6.07) is 84.6. The van der Waals surface area contributed by atoms with E-state index in [1.54, 1.807) is 0 Å².